The zero-order valence-electron chi connectivity index (χ0n) is 16.1. The first kappa shape index (κ1) is 20.7. The van der Waals surface area contributed by atoms with Gasteiger partial charge in [0, 0.05) is 12.6 Å². The minimum Gasteiger partial charge on any atom is -0.597 e. The van der Waals surface area contributed by atoms with Crippen molar-refractivity contribution in [3.05, 3.63) is 71.4 Å². The number of nitrogens with zero attached hydrogens (tertiary/aromatic N) is 4. The van der Waals surface area contributed by atoms with Gasteiger partial charge in [-0.15, -0.1) is 0 Å². The van der Waals surface area contributed by atoms with Gasteiger partial charge in [0.25, 0.3) is 12.5 Å². The molecular formula is C19H22N4O5S. The molecule has 2 unspecified atom stereocenters. The Morgan fingerprint density at radius 1 is 1.17 bits per heavy atom. The zero-order valence-corrected chi connectivity index (χ0v) is 16.9. The topological polar surface area (TPSA) is 105 Å². The summed E-state index contributed by atoms with van der Waals surface area (Å²) in [5, 5.41) is 14.9. The lowest BCUT2D eigenvalue weighted by atomic mass is 10.1. The average Bonchev–Trinajstić information content (AvgIpc) is 3.07. The number of benzene rings is 2. The summed E-state index contributed by atoms with van der Waals surface area (Å²) in [5.41, 5.74) is 0.630. The van der Waals surface area contributed by atoms with Gasteiger partial charge in [-0.05, 0) is 29.5 Å². The fourth-order valence-electron chi connectivity index (χ4n) is 3.44. The molecular weight excluding hydrogens is 396 g/mol. The van der Waals surface area contributed by atoms with E-state index in [1.54, 1.807) is 55.5 Å². The van der Waals surface area contributed by atoms with E-state index in [9.17, 15) is 18.4 Å². The Morgan fingerprint density at radius 2 is 1.76 bits per heavy atom. The Morgan fingerprint density at radius 3 is 2.34 bits per heavy atom. The molecule has 2 aromatic rings. The Balaban J connectivity index is 2.04. The van der Waals surface area contributed by atoms with Crippen LogP contribution in [0.2, 0.25) is 0 Å². The van der Waals surface area contributed by atoms with Gasteiger partial charge in [-0.2, -0.15) is 4.31 Å². The van der Waals surface area contributed by atoms with Crippen LogP contribution in [0.4, 0.5) is 0 Å². The van der Waals surface area contributed by atoms with Crippen molar-refractivity contribution >= 4 is 15.9 Å². The van der Waals surface area contributed by atoms with Crippen LogP contribution in [0.5, 0.6) is 0 Å². The summed E-state index contributed by atoms with van der Waals surface area (Å²) in [4.78, 5) is 19.0. The maximum absolute atomic E-state index is 13.3. The lowest BCUT2D eigenvalue weighted by Gasteiger charge is -2.30. The highest BCUT2D eigenvalue weighted by Crippen LogP contribution is 2.37. The Hall–Kier alpha value is -2.98. The fraction of sp³-hybridized carbons (Fsp3) is 0.316. The molecule has 0 bridgehead atoms. The molecule has 2 aromatic carbocycles. The minimum atomic E-state index is -3.87. The lowest BCUT2D eigenvalue weighted by molar-refractivity contribution is -0.547. The predicted molar refractivity (Wildman–Crippen MR) is 104 cm³/mol. The van der Waals surface area contributed by atoms with Crippen molar-refractivity contribution in [1.29, 1.82) is 0 Å². The van der Waals surface area contributed by atoms with E-state index in [4.69, 9.17) is 0 Å². The van der Waals surface area contributed by atoms with Gasteiger partial charge in [-0.25, -0.2) is 8.42 Å². The molecule has 0 radical (unpaired) electrons. The maximum Gasteiger partial charge on any atom is 0.294 e. The number of hydrogen-bond acceptors (Lipinski definition) is 6. The van der Waals surface area contributed by atoms with E-state index < -0.39 is 34.7 Å². The van der Waals surface area contributed by atoms with Crippen LogP contribution in [-0.2, 0) is 19.7 Å². The first-order chi connectivity index (χ1) is 13.9. The van der Waals surface area contributed by atoms with Crippen LogP contribution >= 0.6 is 0 Å². The second-order valence-electron chi connectivity index (χ2n) is 6.60. The molecule has 1 aliphatic heterocycles. The van der Waals surface area contributed by atoms with Crippen molar-refractivity contribution < 1.29 is 22.9 Å². The molecule has 0 aliphatic carbocycles. The van der Waals surface area contributed by atoms with Crippen molar-refractivity contribution in [2.75, 3.05) is 20.2 Å². The second kappa shape index (κ2) is 8.58. The van der Waals surface area contributed by atoms with Crippen LogP contribution in [0, 0.1) is 5.21 Å². The van der Waals surface area contributed by atoms with Gasteiger partial charge in [-0.3, -0.25) is 4.79 Å². The standard InChI is InChI=1S/C19H22N4O5S/c1-15-13-21(29(26,27)17-11-7-4-8-12-17)19(16-9-5-3-6-10-16)23(15)18(24)14-22(25)20-28-2/h3-12,15,19H,13-14H2,1-2H3/b22-20-. The SMILES string of the molecule is CO/N=[N+](\[O-])CC(=O)N1C(C)CN(S(=O)(=O)c2ccccc2)C1c1ccccc1. The fourth-order valence-corrected chi connectivity index (χ4v) is 5.11. The minimum absolute atomic E-state index is 0.100. The number of rotatable bonds is 6. The summed E-state index contributed by atoms with van der Waals surface area (Å²) < 4.78 is 28.0. The monoisotopic (exact) mass is 418 g/mol. The van der Waals surface area contributed by atoms with Crippen LogP contribution in [-0.4, -0.2) is 54.6 Å². The molecule has 2 atom stereocenters. The molecule has 0 N–H and O–H groups in total. The summed E-state index contributed by atoms with van der Waals surface area (Å²) in [6, 6.07) is 16.5. The second-order valence-corrected chi connectivity index (χ2v) is 8.49. The third-order valence-corrected chi connectivity index (χ3v) is 6.47. The van der Waals surface area contributed by atoms with E-state index in [2.05, 4.69) is 10.1 Å². The van der Waals surface area contributed by atoms with E-state index in [1.165, 1.54) is 28.4 Å². The summed E-state index contributed by atoms with van der Waals surface area (Å²) in [6.45, 7) is 1.26. The maximum atomic E-state index is 13.3. The van der Waals surface area contributed by atoms with Crippen LogP contribution in [0.3, 0.4) is 0 Å². The summed E-state index contributed by atoms with van der Waals surface area (Å²) >= 11 is 0. The molecule has 0 spiro atoms. The largest absolute Gasteiger partial charge is 0.597 e. The highest BCUT2D eigenvalue weighted by molar-refractivity contribution is 7.89. The van der Waals surface area contributed by atoms with Gasteiger partial charge >= 0.3 is 0 Å². The van der Waals surface area contributed by atoms with Crippen molar-refractivity contribution in [2.24, 2.45) is 5.28 Å². The number of amides is 1. The van der Waals surface area contributed by atoms with Gasteiger partial charge in [0.1, 0.15) is 13.3 Å². The number of hydrogen-bond donors (Lipinski definition) is 0. The average molecular weight is 418 g/mol. The highest BCUT2D eigenvalue weighted by atomic mass is 32.2. The number of sulfonamides is 1. The van der Waals surface area contributed by atoms with Crippen molar-refractivity contribution in [3.63, 3.8) is 0 Å². The molecule has 3 rings (SSSR count). The summed E-state index contributed by atoms with van der Waals surface area (Å²) in [6.07, 6.45) is -0.875. The van der Waals surface area contributed by atoms with Crippen LogP contribution < -0.4 is 0 Å². The van der Waals surface area contributed by atoms with Crippen molar-refractivity contribution in [3.8, 4) is 0 Å². The molecule has 1 saturated heterocycles. The molecule has 1 heterocycles. The molecule has 29 heavy (non-hydrogen) atoms. The molecule has 1 amide bonds. The molecule has 1 fully saturated rings. The van der Waals surface area contributed by atoms with E-state index in [0.717, 1.165) is 0 Å². The number of carbonyl (C=O) groups is 1. The van der Waals surface area contributed by atoms with Gasteiger partial charge in [0.2, 0.25) is 10.0 Å². The number of hydroxylamine groups is 1. The predicted octanol–water partition coefficient (Wildman–Crippen LogP) is 2.13. The van der Waals surface area contributed by atoms with E-state index in [-0.39, 0.29) is 16.3 Å². The third-order valence-electron chi connectivity index (χ3n) is 4.63. The van der Waals surface area contributed by atoms with Crippen LogP contribution in [0.25, 0.3) is 0 Å². The van der Waals surface area contributed by atoms with Crippen LogP contribution in [0.1, 0.15) is 18.7 Å². The molecule has 0 aromatic heterocycles. The van der Waals surface area contributed by atoms with Crippen molar-refractivity contribution in [1.82, 2.24) is 9.21 Å². The first-order valence-corrected chi connectivity index (χ1v) is 10.4. The molecule has 10 heteroatoms. The van der Waals surface area contributed by atoms with Gasteiger partial charge in [0.05, 0.1) is 4.90 Å². The molecule has 154 valence electrons. The first-order valence-electron chi connectivity index (χ1n) is 8.98. The lowest BCUT2D eigenvalue weighted by Crippen LogP contribution is -2.42. The zero-order chi connectivity index (χ0) is 21.0. The quantitative estimate of drug-likeness (QED) is 0.406. The Kier molecular flexibility index (Phi) is 6.14. The van der Waals surface area contributed by atoms with Gasteiger partial charge in [-0.1, -0.05) is 48.5 Å². The molecule has 1 aliphatic rings. The van der Waals surface area contributed by atoms with E-state index in [1.807, 2.05) is 0 Å². The molecule has 0 saturated carbocycles. The normalized spacial score (nSPS) is 20.6. The smallest absolute Gasteiger partial charge is 0.294 e. The van der Waals surface area contributed by atoms with Gasteiger partial charge in [0.15, 0.2) is 5.28 Å². The molecule has 9 nitrogen and oxygen atoms in total. The summed E-state index contributed by atoms with van der Waals surface area (Å²) in [5.74, 6) is -0.548. The Bertz CT molecular complexity index is 982. The summed E-state index contributed by atoms with van der Waals surface area (Å²) in [7, 11) is -2.67. The highest BCUT2D eigenvalue weighted by Gasteiger charge is 2.47. The van der Waals surface area contributed by atoms with E-state index in [0.29, 0.717) is 5.56 Å². The van der Waals surface area contributed by atoms with Gasteiger partial charge < -0.3 is 14.9 Å². The Labute approximate surface area is 169 Å². The van der Waals surface area contributed by atoms with Crippen molar-refractivity contribution in [2.45, 2.75) is 24.0 Å². The van der Waals surface area contributed by atoms with Crippen LogP contribution in [0.15, 0.2) is 70.8 Å². The third kappa shape index (κ3) is 4.22. The number of carbonyl (C=O) groups excluding carboxylic acids is 1. The van der Waals surface area contributed by atoms with E-state index >= 15 is 0 Å².